The van der Waals surface area contributed by atoms with Gasteiger partial charge >= 0.3 is 5.97 Å². The summed E-state index contributed by atoms with van der Waals surface area (Å²) < 4.78 is 24.5. The molecule has 1 aliphatic heterocycles. The van der Waals surface area contributed by atoms with Crippen LogP contribution in [0.1, 0.15) is 22.5 Å². The fraction of sp³-hybridized carbons (Fsp3) is 0.409. The van der Waals surface area contributed by atoms with Gasteiger partial charge in [-0.2, -0.15) is 0 Å². The second-order valence-corrected chi connectivity index (χ2v) is 7.59. The summed E-state index contributed by atoms with van der Waals surface area (Å²) in [5, 5.41) is 0.560. The van der Waals surface area contributed by atoms with E-state index in [0.29, 0.717) is 22.6 Å². The summed E-state index contributed by atoms with van der Waals surface area (Å²) in [7, 11) is 3.44. The van der Waals surface area contributed by atoms with Gasteiger partial charge in [-0.3, -0.25) is 0 Å². The van der Waals surface area contributed by atoms with Crippen LogP contribution in [-0.4, -0.2) is 62.7 Å². The van der Waals surface area contributed by atoms with Crippen molar-refractivity contribution in [1.29, 1.82) is 0 Å². The Balaban J connectivity index is 1.49. The van der Waals surface area contributed by atoms with E-state index >= 15 is 0 Å². The molecule has 0 amide bonds. The van der Waals surface area contributed by atoms with Crippen molar-refractivity contribution in [3.8, 4) is 0 Å². The number of hydrogen-bond acceptors (Lipinski definition) is 5. The summed E-state index contributed by atoms with van der Waals surface area (Å²) >= 11 is 0. The third-order valence-electron chi connectivity index (χ3n) is 5.55. The Hall–Kier alpha value is -2.44. The van der Waals surface area contributed by atoms with Crippen molar-refractivity contribution in [3.63, 3.8) is 0 Å². The Morgan fingerprint density at radius 1 is 1.25 bits per heavy atom. The molecule has 0 radical (unpaired) electrons. The van der Waals surface area contributed by atoms with Crippen LogP contribution < -0.4 is 0 Å². The number of hydrogen-bond donors (Lipinski definition) is 0. The van der Waals surface area contributed by atoms with Crippen LogP contribution in [0.2, 0.25) is 0 Å². The van der Waals surface area contributed by atoms with Crippen LogP contribution in [0.4, 0.5) is 4.39 Å². The maximum atomic E-state index is 13.9. The van der Waals surface area contributed by atoms with Gasteiger partial charge in [-0.15, -0.1) is 0 Å². The Labute approximate surface area is 164 Å². The van der Waals surface area contributed by atoms with Gasteiger partial charge in [0.05, 0.1) is 7.11 Å². The van der Waals surface area contributed by atoms with Crippen molar-refractivity contribution < 1.29 is 18.3 Å². The van der Waals surface area contributed by atoms with E-state index in [-0.39, 0.29) is 5.56 Å². The smallest absolute Gasteiger partial charge is 0.341 e. The zero-order valence-corrected chi connectivity index (χ0v) is 16.3. The van der Waals surface area contributed by atoms with Crippen LogP contribution >= 0.6 is 0 Å². The number of fused-ring (bicyclic) bond motifs is 1. The van der Waals surface area contributed by atoms with Crippen molar-refractivity contribution in [2.45, 2.75) is 6.42 Å². The molecule has 4 rings (SSSR count). The van der Waals surface area contributed by atoms with Crippen molar-refractivity contribution in [2.24, 2.45) is 5.92 Å². The van der Waals surface area contributed by atoms with E-state index in [1.807, 2.05) is 0 Å². The van der Waals surface area contributed by atoms with E-state index in [1.165, 1.54) is 13.2 Å². The number of likely N-dealkylation sites (N-methyl/N-ethyl adjacent to an activating group) is 1. The van der Waals surface area contributed by atoms with E-state index in [9.17, 15) is 9.18 Å². The molecule has 1 saturated heterocycles. The standard InChI is InChI=1S/C22H25FN2O3/c1-24-7-9-25(10-8-24)14-15-3-5-16(6-4-15)20-12-17-11-18(23)13-19(21(17)28-20)22(26)27-2/h3,5-6,11-13,15H,4,7-10,14H2,1-2H3. The number of allylic oxidation sites excluding steroid dienone is 3. The second kappa shape index (κ2) is 7.89. The molecule has 148 valence electrons. The predicted octanol–water partition coefficient (Wildman–Crippen LogP) is 3.57. The zero-order valence-electron chi connectivity index (χ0n) is 16.3. The minimum atomic E-state index is -0.606. The number of benzene rings is 1. The highest BCUT2D eigenvalue weighted by molar-refractivity contribution is 6.02. The van der Waals surface area contributed by atoms with Gasteiger partial charge in [-0.25, -0.2) is 9.18 Å². The lowest BCUT2D eigenvalue weighted by Gasteiger charge is -2.34. The molecule has 5 nitrogen and oxygen atoms in total. The Bertz CT molecular complexity index is 939. The van der Waals surface area contributed by atoms with Gasteiger partial charge in [0.25, 0.3) is 0 Å². The van der Waals surface area contributed by atoms with Gasteiger partial charge < -0.3 is 19.0 Å². The van der Waals surface area contributed by atoms with Gasteiger partial charge in [-0.1, -0.05) is 18.2 Å². The highest BCUT2D eigenvalue weighted by Crippen LogP contribution is 2.32. The maximum Gasteiger partial charge on any atom is 0.341 e. The van der Waals surface area contributed by atoms with E-state index in [1.54, 1.807) is 6.07 Å². The highest BCUT2D eigenvalue weighted by Gasteiger charge is 2.21. The topological polar surface area (TPSA) is 45.9 Å². The monoisotopic (exact) mass is 384 g/mol. The van der Waals surface area contributed by atoms with Gasteiger partial charge in [0.2, 0.25) is 0 Å². The van der Waals surface area contributed by atoms with Gasteiger partial charge in [0.15, 0.2) is 0 Å². The first-order chi connectivity index (χ1) is 13.5. The van der Waals surface area contributed by atoms with Crippen molar-refractivity contribution >= 4 is 22.5 Å². The number of furan rings is 1. The zero-order chi connectivity index (χ0) is 19.7. The second-order valence-electron chi connectivity index (χ2n) is 7.59. The lowest BCUT2D eigenvalue weighted by Crippen LogP contribution is -2.45. The van der Waals surface area contributed by atoms with Crippen LogP contribution in [0.3, 0.4) is 0 Å². The molecule has 1 atom stereocenters. The maximum absolute atomic E-state index is 13.9. The van der Waals surface area contributed by atoms with Gasteiger partial charge in [-0.05, 0) is 37.6 Å². The molecule has 1 unspecified atom stereocenters. The number of esters is 1. The molecule has 6 heteroatoms. The Morgan fingerprint density at radius 2 is 2.04 bits per heavy atom. The molecule has 2 heterocycles. The predicted molar refractivity (Wildman–Crippen MR) is 107 cm³/mol. The van der Waals surface area contributed by atoms with Crippen molar-refractivity contribution in [2.75, 3.05) is 46.9 Å². The SMILES string of the molecule is COC(=O)c1cc(F)cc2cc(C3=CCC(CN4CCN(C)CC4)C=C3)oc12. The largest absolute Gasteiger partial charge is 0.465 e. The molecule has 0 N–H and O–H groups in total. The Kier molecular flexibility index (Phi) is 5.33. The molecular weight excluding hydrogens is 359 g/mol. The third-order valence-corrected chi connectivity index (χ3v) is 5.55. The minimum absolute atomic E-state index is 0.108. The van der Waals surface area contributed by atoms with E-state index in [4.69, 9.17) is 9.15 Å². The molecule has 2 aromatic rings. The third kappa shape index (κ3) is 3.88. The summed E-state index contributed by atoms with van der Waals surface area (Å²) in [5.41, 5.74) is 1.43. The number of carbonyl (C=O) groups is 1. The van der Waals surface area contributed by atoms with Gasteiger partial charge in [0.1, 0.15) is 22.7 Å². The van der Waals surface area contributed by atoms with Crippen LogP contribution in [0.15, 0.2) is 40.8 Å². The number of piperazine rings is 1. The fourth-order valence-corrected chi connectivity index (χ4v) is 3.87. The lowest BCUT2D eigenvalue weighted by atomic mass is 9.95. The lowest BCUT2D eigenvalue weighted by molar-refractivity contribution is 0.0601. The minimum Gasteiger partial charge on any atom is -0.465 e. The van der Waals surface area contributed by atoms with Crippen LogP contribution in [0.25, 0.3) is 16.5 Å². The summed E-state index contributed by atoms with van der Waals surface area (Å²) in [6.07, 6.45) is 7.39. The number of methoxy groups -OCH3 is 1. The molecule has 2 aliphatic rings. The number of nitrogens with zero attached hydrogens (tertiary/aromatic N) is 2. The normalized spacial score (nSPS) is 21.1. The summed E-state index contributed by atoms with van der Waals surface area (Å²) in [6.45, 7) is 5.53. The average molecular weight is 384 g/mol. The van der Waals surface area contributed by atoms with Crippen molar-refractivity contribution in [3.05, 3.63) is 53.6 Å². The molecule has 1 aromatic heterocycles. The fourth-order valence-electron chi connectivity index (χ4n) is 3.87. The van der Waals surface area contributed by atoms with E-state index in [2.05, 4.69) is 35.1 Å². The molecule has 28 heavy (non-hydrogen) atoms. The molecule has 0 spiro atoms. The number of carbonyl (C=O) groups excluding carboxylic acids is 1. The molecule has 0 saturated carbocycles. The molecule has 1 fully saturated rings. The first-order valence-corrected chi connectivity index (χ1v) is 9.64. The van der Waals surface area contributed by atoms with E-state index in [0.717, 1.165) is 50.8 Å². The average Bonchev–Trinajstić information content (AvgIpc) is 3.13. The van der Waals surface area contributed by atoms with Crippen molar-refractivity contribution in [1.82, 2.24) is 9.80 Å². The van der Waals surface area contributed by atoms with Crippen LogP contribution in [-0.2, 0) is 4.74 Å². The number of rotatable bonds is 4. The molecule has 1 aliphatic carbocycles. The number of ether oxygens (including phenoxy) is 1. The van der Waals surface area contributed by atoms with Crippen LogP contribution in [0.5, 0.6) is 0 Å². The molecular formula is C22H25FN2O3. The molecule has 0 bridgehead atoms. The summed E-state index contributed by atoms with van der Waals surface area (Å²) in [6, 6.07) is 4.30. The Morgan fingerprint density at radius 3 is 2.71 bits per heavy atom. The summed E-state index contributed by atoms with van der Waals surface area (Å²) in [5.74, 6) is 0.0334. The summed E-state index contributed by atoms with van der Waals surface area (Å²) in [4.78, 5) is 16.8. The first-order valence-electron chi connectivity index (χ1n) is 9.64. The van der Waals surface area contributed by atoms with Crippen LogP contribution in [0, 0.1) is 11.7 Å². The quantitative estimate of drug-likeness (QED) is 0.755. The number of halogens is 1. The highest BCUT2D eigenvalue weighted by atomic mass is 19.1. The van der Waals surface area contributed by atoms with Gasteiger partial charge in [0, 0.05) is 43.7 Å². The van der Waals surface area contributed by atoms with E-state index < -0.39 is 11.8 Å². The molecule has 1 aromatic carbocycles. The first kappa shape index (κ1) is 18.9.